The molecule has 1 N–H and O–H groups in total. The van der Waals surface area contributed by atoms with E-state index in [2.05, 4.69) is 15.5 Å². The maximum atomic E-state index is 12.1. The van der Waals surface area contributed by atoms with E-state index in [0.29, 0.717) is 24.3 Å². The molecule has 2 aliphatic rings. The van der Waals surface area contributed by atoms with Gasteiger partial charge in [0.2, 0.25) is 0 Å². The van der Waals surface area contributed by atoms with Gasteiger partial charge >= 0.3 is 6.03 Å². The van der Waals surface area contributed by atoms with Crippen LogP contribution in [0.2, 0.25) is 0 Å². The number of amides is 2. The molecule has 22 heavy (non-hydrogen) atoms. The Labute approximate surface area is 140 Å². The number of urea groups is 1. The third-order valence-corrected chi connectivity index (χ3v) is 6.03. The van der Waals surface area contributed by atoms with E-state index in [1.807, 2.05) is 4.90 Å². The first-order chi connectivity index (χ1) is 10.8. The van der Waals surface area contributed by atoms with Crippen LogP contribution in [0.15, 0.2) is 0 Å². The highest BCUT2D eigenvalue weighted by molar-refractivity contribution is 7.11. The number of nitrogens with zero attached hydrogens (tertiary/aromatic N) is 3. The van der Waals surface area contributed by atoms with Crippen LogP contribution in [0.25, 0.3) is 0 Å². The first-order valence-electron chi connectivity index (χ1n) is 8.20. The van der Waals surface area contributed by atoms with Crippen LogP contribution < -0.4 is 5.32 Å². The number of hydrogen-bond donors (Lipinski definition) is 1. The molecule has 2 amide bonds. The average molecular weight is 343 g/mol. The molecule has 1 aromatic rings. The van der Waals surface area contributed by atoms with Crippen LogP contribution in [0.1, 0.15) is 60.4 Å². The molecule has 1 saturated carbocycles. The quantitative estimate of drug-likeness (QED) is 0.854. The summed E-state index contributed by atoms with van der Waals surface area (Å²) in [6, 6.07) is -0.00844. The molecule has 1 atom stereocenters. The van der Waals surface area contributed by atoms with Crippen molar-refractivity contribution in [2.24, 2.45) is 0 Å². The molecule has 2 heterocycles. The summed E-state index contributed by atoms with van der Waals surface area (Å²) in [5.41, 5.74) is 0. The van der Waals surface area contributed by atoms with E-state index in [-0.39, 0.29) is 6.03 Å². The maximum absolute atomic E-state index is 12.1. The van der Waals surface area contributed by atoms with Crippen LogP contribution >= 0.6 is 22.9 Å². The number of piperidine rings is 1. The minimum Gasteiger partial charge on any atom is -0.337 e. The normalized spacial score (nSPS) is 23.0. The van der Waals surface area contributed by atoms with Gasteiger partial charge in [-0.2, -0.15) is 0 Å². The highest BCUT2D eigenvalue weighted by atomic mass is 35.5. The lowest BCUT2D eigenvalue weighted by atomic mass is 9.99. The number of carbonyl (C=O) groups excluding carboxylic acids is 1. The summed E-state index contributed by atoms with van der Waals surface area (Å²) in [6.07, 6.45) is 7.27. The summed E-state index contributed by atoms with van der Waals surface area (Å²) in [7, 11) is 0. The fourth-order valence-electron chi connectivity index (χ4n) is 3.38. The first kappa shape index (κ1) is 16.0. The number of rotatable bonds is 4. The van der Waals surface area contributed by atoms with E-state index < -0.39 is 0 Å². The molecule has 7 heteroatoms. The molecule has 1 aliphatic heterocycles. The third kappa shape index (κ3) is 3.71. The van der Waals surface area contributed by atoms with Crippen molar-refractivity contribution in [2.75, 3.05) is 25.5 Å². The summed E-state index contributed by atoms with van der Waals surface area (Å²) < 4.78 is 0. The molecular weight excluding hydrogens is 320 g/mol. The molecule has 1 aliphatic carbocycles. The van der Waals surface area contributed by atoms with Crippen molar-refractivity contribution in [1.82, 2.24) is 20.4 Å². The summed E-state index contributed by atoms with van der Waals surface area (Å²) in [5, 5.41) is 14.0. The molecule has 2 fully saturated rings. The Morgan fingerprint density at radius 2 is 1.86 bits per heavy atom. The molecular formula is C15H23ClN4OS. The van der Waals surface area contributed by atoms with Gasteiger partial charge in [0.15, 0.2) is 0 Å². The largest absolute Gasteiger partial charge is 0.337 e. The van der Waals surface area contributed by atoms with E-state index >= 15 is 0 Å². The van der Waals surface area contributed by atoms with Crippen molar-refractivity contribution in [3.63, 3.8) is 0 Å². The lowest BCUT2D eigenvalue weighted by molar-refractivity contribution is 0.180. The number of halogens is 1. The summed E-state index contributed by atoms with van der Waals surface area (Å²) in [6.45, 7) is 2.08. The lowest BCUT2D eigenvalue weighted by Gasteiger charge is -2.31. The van der Waals surface area contributed by atoms with Crippen molar-refractivity contribution < 1.29 is 4.79 Å². The predicted molar refractivity (Wildman–Crippen MR) is 88.8 cm³/mol. The average Bonchev–Trinajstić information content (AvgIpc) is 3.23. The minimum atomic E-state index is -0.00844. The van der Waals surface area contributed by atoms with Crippen LogP contribution in [0, 0.1) is 0 Å². The van der Waals surface area contributed by atoms with Crippen LogP contribution in [-0.4, -0.2) is 46.6 Å². The fourth-order valence-corrected chi connectivity index (χ4v) is 4.61. The fraction of sp³-hybridized carbons (Fsp3) is 0.800. The second-order valence-corrected chi connectivity index (χ2v) is 7.58. The van der Waals surface area contributed by atoms with Gasteiger partial charge in [-0.05, 0) is 25.7 Å². The van der Waals surface area contributed by atoms with Gasteiger partial charge < -0.3 is 10.2 Å². The van der Waals surface area contributed by atoms with Gasteiger partial charge in [-0.15, -0.1) is 33.1 Å². The van der Waals surface area contributed by atoms with Crippen molar-refractivity contribution in [3.8, 4) is 0 Å². The van der Waals surface area contributed by atoms with Gasteiger partial charge in [-0.3, -0.25) is 0 Å². The Hall–Kier alpha value is -0.880. The van der Waals surface area contributed by atoms with E-state index in [9.17, 15) is 4.79 Å². The second kappa shape index (κ2) is 7.59. The van der Waals surface area contributed by atoms with Crippen molar-refractivity contribution in [1.29, 1.82) is 0 Å². The summed E-state index contributed by atoms with van der Waals surface area (Å²) in [4.78, 5) is 14.0. The SMILES string of the molecule is O=C(NCCCl)N1CCCC(c2nnc(C3CCCC3)s2)C1. The number of carbonyl (C=O) groups is 1. The van der Waals surface area contributed by atoms with Crippen molar-refractivity contribution in [2.45, 2.75) is 50.4 Å². The van der Waals surface area contributed by atoms with E-state index in [4.69, 9.17) is 11.6 Å². The Morgan fingerprint density at radius 1 is 1.18 bits per heavy atom. The van der Waals surface area contributed by atoms with E-state index in [1.54, 1.807) is 11.3 Å². The molecule has 0 bridgehead atoms. The zero-order chi connectivity index (χ0) is 15.4. The summed E-state index contributed by atoms with van der Waals surface area (Å²) in [5.74, 6) is 1.41. The van der Waals surface area contributed by atoms with Crippen LogP contribution in [-0.2, 0) is 0 Å². The molecule has 5 nitrogen and oxygen atoms in total. The van der Waals surface area contributed by atoms with E-state index in [0.717, 1.165) is 30.9 Å². The standard InChI is InChI=1S/C15H23ClN4OS/c16-7-8-17-15(21)20-9-3-6-12(10-20)14-19-18-13(22-14)11-4-1-2-5-11/h11-12H,1-10H2,(H,17,21). The minimum absolute atomic E-state index is 0.00844. The second-order valence-electron chi connectivity index (χ2n) is 6.17. The highest BCUT2D eigenvalue weighted by Gasteiger charge is 2.28. The molecule has 0 radical (unpaired) electrons. The zero-order valence-electron chi connectivity index (χ0n) is 12.8. The number of aromatic nitrogens is 2. The molecule has 1 saturated heterocycles. The highest BCUT2D eigenvalue weighted by Crippen LogP contribution is 2.38. The Kier molecular flexibility index (Phi) is 5.52. The van der Waals surface area contributed by atoms with Gasteiger partial charge in [0, 0.05) is 37.4 Å². The van der Waals surface area contributed by atoms with Gasteiger partial charge in [-0.1, -0.05) is 12.8 Å². The third-order valence-electron chi connectivity index (χ3n) is 4.59. The monoisotopic (exact) mass is 342 g/mol. The smallest absolute Gasteiger partial charge is 0.317 e. The molecule has 122 valence electrons. The maximum Gasteiger partial charge on any atom is 0.317 e. The Balaban J connectivity index is 1.60. The van der Waals surface area contributed by atoms with Gasteiger partial charge in [0.25, 0.3) is 0 Å². The molecule has 0 spiro atoms. The van der Waals surface area contributed by atoms with Crippen molar-refractivity contribution >= 4 is 29.0 Å². The molecule has 1 unspecified atom stereocenters. The van der Waals surface area contributed by atoms with E-state index in [1.165, 1.54) is 30.7 Å². The van der Waals surface area contributed by atoms with Gasteiger partial charge in [0.05, 0.1) is 0 Å². The predicted octanol–water partition coefficient (Wildman–Crippen LogP) is 3.32. The molecule has 3 rings (SSSR count). The topological polar surface area (TPSA) is 58.1 Å². The lowest BCUT2D eigenvalue weighted by Crippen LogP contribution is -2.45. The first-order valence-corrected chi connectivity index (χ1v) is 9.55. The summed E-state index contributed by atoms with van der Waals surface area (Å²) >= 11 is 7.39. The Morgan fingerprint density at radius 3 is 2.59 bits per heavy atom. The van der Waals surface area contributed by atoms with Crippen LogP contribution in [0.4, 0.5) is 4.79 Å². The molecule has 1 aromatic heterocycles. The van der Waals surface area contributed by atoms with Crippen molar-refractivity contribution in [3.05, 3.63) is 10.0 Å². The zero-order valence-corrected chi connectivity index (χ0v) is 14.3. The Bertz CT molecular complexity index is 503. The number of alkyl halides is 1. The van der Waals surface area contributed by atoms with Gasteiger partial charge in [0.1, 0.15) is 10.0 Å². The number of likely N-dealkylation sites (tertiary alicyclic amines) is 1. The number of hydrogen-bond acceptors (Lipinski definition) is 4. The number of nitrogens with one attached hydrogen (secondary N) is 1. The van der Waals surface area contributed by atoms with Crippen LogP contribution in [0.5, 0.6) is 0 Å². The van der Waals surface area contributed by atoms with Crippen LogP contribution in [0.3, 0.4) is 0 Å². The van der Waals surface area contributed by atoms with Gasteiger partial charge in [-0.25, -0.2) is 4.79 Å². The molecule has 0 aromatic carbocycles.